The Morgan fingerprint density at radius 3 is 2.68 bits per heavy atom. The minimum absolute atomic E-state index is 0.0758. The second-order valence-corrected chi connectivity index (χ2v) is 4.64. The number of hydrogen-bond donors (Lipinski definition) is 2. The van der Waals surface area contributed by atoms with Gasteiger partial charge in [-0.15, -0.1) is 0 Å². The van der Waals surface area contributed by atoms with Gasteiger partial charge in [0.1, 0.15) is 0 Å². The molecule has 0 amide bonds. The Labute approximate surface area is 119 Å². The number of anilines is 1. The van der Waals surface area contributed by atoms with Gasteiger partial charge < -0.3 is 9.84 Å². The van der Waals surface area contributed by atoms with Gasteiger partial charge >= 0.3 is 0 Å². The Morgan fingerprint density at radius 2 is 2.00 bits per heavy atom. The molecule has 5 heteroatoms. The fraction of sp³-hybridized carbons (Fsp3) is 0.0714. The number of nitrogens with zero attached hydrogens (tertiary/aromatic N) is 1. The Morgan fingerprint density at radius 1 is 1.26 bits per heavy atom. The van der Waals surface area contributed by atoms with Crippen molar-refractivity contribution in [2.75, 3.05) is 12.5 Å². The molecule has 0 atom stereocenters. The number of phenolic OH excluding ortho intramolecular Hbond substituents is 1. The number of ether oxygens (including phenoxy) is 1. The summed E-state index contributed by atoms with van der Waals surface area (Å²) in [5, 5.41) is 13.8. The molecule has 2 N–H and O–H groups in total. The summed E-state index contributed by atoms with van der Waals surface area (Å²) in [6.45, 7) is 0. The molecular formula is C14H13BrN2O2. The van der Waals surface area contributed by atoms with Crippen LogP contribution in [0.15, 0.2) is 52.0 Å². The van der Waals surface area contributed by atoms with Crippen molar-refractivity contribution in [2.45, 2.75) is 0 Å². The van der Waals surface area contributed by atoms with E-state index < -0.39 is 0 Å². The van der Waals surface area contributed by atoms with Crippen molar-refractivity contribution in [3.8, 4) is 11.5 Å². The van der Waals surface area contributed by atoms with Crippen molar-refractivity contribution in [3.05, 3.63) is 52.5 Å². The molecule has 0 aliphatic rings. The van der Waals surface area contributed by atoms with Crippen molar-refractivity contribution in [3.63, 3.8) is 0 Å². The normalized spacial score (nSPS) is 10.6. The molecule has 19 heavy (non-hydrogen) atoms. The number of phenols is 1. The maximum absolute atomic E-state index is 9.70. The van der Waals surface area contributed by atoms with Crippen LogP contribution in [0.3, 0.4) is 0 Å². The highest BCUT2D eigenvalue weighted by atomic mass is 79.9. The topological polar surface area (TPSA) is 53.8 Å². The Hall–Kier alpha value is -2.01. The van der Waals surface area contributed by atoms with Crippen LogP contribution in [-0.2, 0) is 0 Å². The molecule has 2 aromatic carbocycles. The van der Waals surface area contributed by atoms with Crippen LogP contribution >= 0.6 is 15.9 Å². The van der Waals surface area contributed by atoms with Crippen LogP contribution in [0.5, 0.6) is 11.5 Å². The summed E-state index contributed by atoms with van der Waals surface area (Å²) >= 11 is 3.40. The lowest BCUT2D eigenvalue weighted by Crippen LogP contribution is -1.92. The van der Waals surface area contributed by atoms with Crippen LogP contribution in [0.2, 0.25) is 0 Å². The molecule has 2 aromatic rings. The van der Waals surface area contributed by atoms with Gasteiger partial charge in [0, 0.05) is 10.0 Å². The first kappa shape index (κ1) is 13.4. The van der Waals surface area contributed by atoms with E-state index in [0.29, 0.717) is 5.75 Å². The molecule has 0 unspecified atom stereocenters. The summed E-state index contributed by atoms with van der Waals surface area (Å²) in [5.74, 6) is 0.493. The minimum atomic E-state index is 0.0758. The fourth-order valence-corrected chi connectivity index (χ4v) is 1.94. The number of benzene rings is 2. The first-order valence-electron chi connectivity index (χ1n) is 5.61. The highest BCUT2D eigenvalue weighted by Gasteiger charge is 2.06. The molecule has 2 rings (SSSR count). The van der Waals surface area contributed by atoms with E-state index in [1.165, 1.54) is 7.11 Å². The number of nitrogens with one attached hydrogen (secondary N) is 1. The molecule has 0 saturated carbocycles. The molecule has 0 radical (unpaired) electrons. The average molecular weight is 321 g/mol. The van der Waals surface area contributed by atoms with E-state index in [2.05, 4.69) is 26.5 Å². The van der Waals surface area contributed by atoms with Gasteiger partial charge in [-0.3, -0.25) is 5.43 Å². The Bertz CT molecular complexity index is 585. The Balaban J connectivity index is 2.13. The predicted molar refractivity (Wildman–Crippen MR) is 80.0 cm³/mol. The van der Waals surface area contributed by atoms with Gasteiger partial charge in [-0.1, -0.05) is 18.2 Å². The zero-order valence-electron chi connectivity index (χ0n) is 10.3. The molecule has 0 aromatic heterocycles. The molecule has 4 nitrogen and oxygen atoms in total. The van der Waals surface area contributed by atoms with Crippen LogP contribution in [0.25, 0.3) is 0 Å². The summed E-state index contributed by atoms with van der Waals surface area (Å²) in [6, 6.07) is 12.9. The lowest BCUT2D eigenvalue weighted by molar-refractivity contribution is 0.373. The van der Waals surface area contributed by atoms with Crippen LogP contribution in [0, 0.1) is 0 Å². The van der Waals surface area contributed by atoms with Gasteiger partial charge in [0.25, 0.3) is 0 Å². The zero-order valence-corrected chi connectivity index (χ0v) is 11.9. The second-order valence-electron chi connectivity index (χ2n) is 3.78. The van der Waals surface area contributed by atoms with Gasteiger partial charge in [0.2, 0.25) is 0 Å². The number of hydrazone groups is 1. The molecule has 98 valence electrons. The van der Waals surface area contributed by atoms with E-state index in [0.717, 1.165) is 15.7 Å². The van der Waals surface area contributed by atoms with Gasteiger partial charge in [-0.2, -0.15) is 5.10 Å². The first-order valence-corrected chi connectivity index (χ1v) is 6.40. The standard InChI is InChI=1S/C14H13BrN2O2/c1-19-14-8-12(15)10(7-13(14)18)9-16-17-11-5-3-2-4-6-11/h2-9,17-18H,1H3. The largest absolute Gasteiger partial charge is 0.504 e. The molecular weight excluding hydrogens is 308 g/mol. The van der Waals surface area contributed by atoms with Gasteiger partial charge in [0.05, 0.1) is 19.0 Å². The molecule has 0 bridgehead atoms. The number of aromatic hydroxyl groups is 1. The third-order valence-electron chi connectivity index (χ3n) is 2.47. The molecule has 0 saturated heterocycles. The molecule has 0 heterocycles. The van der Waals surface area contributed by atoms with Crippen molar-refractivity contribution in [1.82, 2.24) is 0 Å². The van der Waals surface area contributed by atoms with E-state index >= 15 is 0 Å². The highest BCUT2D eigenvalue weighted by Crippen LogP contribution is 2.31. The number of halogens is 1. The van der Waals surface area contributed by atoms with Crippen molar-refractivity contribution in [2.24, 2.45) is 5.10 Å². The van der Waals surface area contributed by atoms with Crippen molar-refractivity contribution < 1.29 is 9.84 Å². The smallest absolute Gasteiger partial charge is 0.161 e. The van der Waals surface area contributed by atoms with Crippen LogP contribution in [-0.4, -0.2) is 18.4 Å². The number of hydrogen-bond acceptors (Lipinski definition) is 4. The molecule has 0 spiro atoms. The van der Waals surface area contributed by atoms with E-state index in [1.54, 1.807) is 18.3 Å². The zero-order chi connectivity index (χ0) is 13.7. The maximum Gasteiger partial charge on any atom is 0.161 e. The Kier molecular flexibility index (Phi) is 4.41. The van der Waals surface area contributed by atoms with E-state index in [4.69, 9.17) is 4.74 Å². The lowest BCUT2D eigenvalue weighted by Gasteiger charge is -2.06. The first-order chi connectivity index (χ1) is 9.20. The molecule has 0 fully saturated rings. The monoisotopic (exact) mass is 320 g/mol. The third kappa shape index (κ3) is 3.48. The summed E-state index contributed by atoms with van der Waals surface area (Å²) in [7, 11) is 1.51. The van der Waals surface area contributed by atoms with E-state index in [-0.39, 0.29) is 5.75 Å². The summed E-state index contributed by atoms with van der Waals surface area (Å²) < 4.78 is 5.81. The minimum Gasteiger partial charge on any atom is -0.504 e. The van der Waals surface area contributed by atoms with Gasteiger partial charge in [-0.05, 0) is 40.2 Å². The van der Waals surface area contributed by atoms with Crippen LogP contribution in [0.4, 0.5) is 5.69 Å². The average Bonchev–Trinajstić information content (AvgIpc) is 2.43. The second kappa shape index (κ2) is 6.24. The van der Waals surface area contributed by atoms with Gasteiger partial charge in [0.15, 0.2) is 11.5 Å². The van der Waals surface area contributed by atoms with Crippen LogP contribution < -0.4 is 10.2 Å². The number of rotatable bonds is 4. The summed E-state index contributed by atoms with van der Waals surface area (Å²) in [4.78, 5) is 0. The fourth-order valence-electron chi connectivity index (χ4n) is 1.51. The van der Waals surface area contributed by atoms with Crippen molar-refractivity contribution in [1.29, 1.82) is 0 Å². The molecule has 0 aliphatic heterocycles. The quantitative estimate of drug-likeness (QED) is 0.668. The predicted octanol–water partition coefficient (Wildman–Crippen LogP) is 3.61. The number of para-hydroxylation sites is 1. The van der Waals surface area contributed by atoms with E-state index in [1.807, 2.05) is 30.3 Å². The summed E-state index contributed by atoms with van der Waals surface area (Å²) in [6.07, 6.45) is 1.62. The van der Waals surface area contributed by atoms with E-state index in [9.17, 15) is 5.11 Å². The van der Waals surface area contributed by atoms with Gasteiger partial charge in [-0.25, -0.2) is 0 Å². The number of methoxy groups -OCH3 is 1. The molecule has 0 aliphatic carbocycles. The van der Waals surface area contributed by atoms with Crippen LogP contribution in [0.1, 0.15) is 5.56 Å². The van der Waals surface area contributed by atoms with Crippen molar-refractivity contribution >= 4 is 27.8 Å². The highest BCUT2D eigenvalue weighted by molar-refractivity contribution is 9.10. The maximum atomic E-state index is 9.70. The summed E-state index contributed by atoms with van der Waals surface area (Å²) in [5.41, 5.74) is 4.55. The SMILES string of the molecule is COc1cc(Br)c(C=NNc2ccccc2)cc1O. The lowest BCUT2D eigenvalue weighted by atomic mass is 10.2. The third-order valence-corrected chi connectivity index (χ3v) is 3.16.